The van der Waals surface area contributed by atoms with Crippen LogP contribution in [0.15, 0.2) is 60.7 Å². The predicted octanol–water partition coefficient (Wildman–Crippen LogP) is 3.24. The zero-order valence-electron chi connectivity index (χ0n) is 12.2. The Morgan fingerprint density at radius 2 is 1.73 bits per heavy atom. The summed E-state index contributed by atoms with van der Waals surface area (Å²) in [6.07, 6.45) is 0.684. The molecular weight excluding hydrogens is 277 g/mol. The molecule has 4 heteroatoms. The molecule has 0 aliphatic rings. The molecule has 0 amide bonds. The molecule has 2 N–H and O–H groups in total. The fourth-order valence-corrected chi connectivity index (χ4v) is 2.50. The van der Waals surface area contributed by atoms with Gasteiger partial charge in [-0.3, -0.25) is 4.68 Å². The zero-order valence-corrected chi connectivity index (χ0v) is 12.2. The predicted molar refractivity (Wildman–Crippen MR) is 85.9 cm³/mol. The molecule has 0 radical (unpaired) electrons. The van der Waals surface area contributed by atoms with Gasteiger partial charge in [0.2, 0.25) is 0 Å². The summed E-state index contributed by atoms with van der Waals surface area (Å²) in [5, 5.41) is 4.58. The van der Waals surface area contributed by atoms with Crippen LogP contribution in [0.2, 0.25) is 0 Å². The van der Waals surface area contributed by atoms with E-state index in [0.717, 1.165) is 17.0 Å². The van der Waals surface area contributed by atoms with E-state index >= 15 is 0 Å². The van der Waals surface area contributed by atoms with Crippen LogP contribution in [0, 0.1) is 5.82 Å². The molecule has 1 aromatic heterocycles. The Kier molecular flexibility index (Phi) is 4.30. The molecule has 3 aromatic rings. The van der Waals surface area contributed by atoms with Crippen molar-refractivity contribution in [1.82, 2.24) is 9.78 Å². The molecule has 0 saturated heterocycles. The number of aromatic nitrogens is 2. The first-order valence-corrected chi connectivity index (χ1v) is 7.33. The first kappa shape index (κ1) is 14.5. The second kappa shape index (κ2) is 6.54. The third-order valence-corrected chi connectivity index (χ3v) is 3.56. The van der Waals surface area contributed by atoms with Gasteiger partial charge in [0.1, 0.15) is 5.82 Å². The zero-order chi connectivity index (χ0) is 15.4. The quantitative estimate of drug-likeness (QED) is 0.785. The molecule has 0 aliphatic carbocycles. The maximum Gasteiger partial charge on any atom is 0.132 e. The number of hydrogen-bond acceptors (Lipinski definition) is 2. The van der Waals surface area contributed by atoms with Gasteiger partial charge in [-0.1, -0.05) is 42.5 Å². The van der Waals surface area contributed by atoms with Crippen LogP contribution < -0.4 is 5.73 Å². The van der Waals surface area contributed by atoms with E-state index in [0.29, 0.717) is 25.1 Å². The minimum atomic E-state index is -0.240. The lowest BCUT2D eigenvalue weighted by Crippen LogP contribution is -2.06. The van der Waals surface area contributed by atoms with Gasteiger partial charge in [-0.2, -0.15) is 5.10 Å². The van der Waals surface area contributed by atoms with Crippen LogP contribution in [0.1, 0.15) is 11.3 Å². The normalized spacial score (nSPS) is 10.8. The Bertz CT molecular complexity index is 750. The van der Waals surface area contributed by atoms with Gasteiger partial charge in [0, 0.05) is 12.0 Å². The highest BCUT2D eigenvalue weighted by Crippen LogP contribution is 2.24. The Labute approximate surface area is 129 Å². The first-order valence-electron chi connectivity index (χ1n) is 7.33. The number of benzene rings is 2. The van der Waals surface area contributed by atoms with Gasteiger partial charge in [-0.05, 0) is 30.3 Å². The third-order valence-electron chi connectivity index (χ3n) is 3.56. The van der Waals surface area contributed by atoms with Crippen molar-refractivity contribution in [2.24, 2.45) is 5.73 Å². The van der Waals surface area contributed by atoms with Crippen LogP contribution in [0.4, 0.5) is 4.39 Å². The Balaban J connectivity index is 2.02. The Hall–Kier alpha value is -2.46. The van der Waals surface area contributed by atoms with Crippen molar-refractivity contribution in [2.75, 3.05) is 6.54 Å². The summed E-state index contributed by atoms with van der Waals surface area (Å²) >= 11 is 0. The van der Waals surface area contributed by atoms with Crippen LogP contribution in [-0.4, -0.2) is 16.3 Å². The fraction of sp³-hybridized carbons (Fsp3) is 0.167. The molecule has 1 heterocycles. The second-order valence-electron chi connectivity index (χ2n) is 5.18. The minimum Gasteiger partial charge on any atom is -0.330 e. The number of hydrogen-bond donors (Lipinski definition) is 1. The van der Waals surface area contributed by atoms with Crippen molar-refractivity contribution in [1.29, 1.82) is 0 Å². The lowest BCUT2D eigenvalue weighted by molar-refractivity contribution is 0.623. The number of rotatable bonds is 5. The molecular formula is C18H18FN3. The molecule has 0 saturated carbocycles. The van der Waals surface area contributed by atoms with E-state index in [4.69, 9.17) is 5.73 Å². The van der Waals surface area contributed by atoms with E-state index in [-0.39, 0.29) is 5.82 Å². The SMILES string of the molecule is NCCc1cc(-c2ccccc2F)n(Cc2ccccc2)n1. The maximum atomic E-state index is 14.1. The third kappa shape index (κ3) is 3.07. The number of nitrogens with two attached hydrogens (primary N) is 1. The monoisotopic (exact) mass is 295 g/mol. The minimum absolute atomic E-state index is 0.240. The van der Waals surface area contributed by atoms with E-state index in [9.17, 15) is 4.39 Å². The van der Waals surface area contributed by atoms with E-state index < -0.39 is 0 Å². The first-order chi connectivity index (χ1) is 10.8. The summed E-state index contributed by atoms with van der Waals surface area (Å²) < 4.78 is 16.0. The summed E-state index contributed by atoms with van der Waals surface area (Å²) in [5.74, 6) is -0.240. The lowest BCUT2D eigenvalue weighted by atomic mass is 10.1. The molecule has 3 nitrogen and oxygen atoms in total. The summed E-state index contributed by atoms with van der Waals surface area (Å²) in [6.45, 7) is 1.13. The van der Waals surface area contributed by atoms with Gasteiger partial charge in [0.15, 0.2) is 0 Å². The highest BCUT2D eigenvalue weighted by atomic mass is 19.1. The van der Waals surface area contributed by atoms with Crippen LogP contribution in [-0.2, 0) is 13.0 Å². The second-order valence-corrected chi connectivity index (χ2v) is 5.18. The van der Waals surface area contributed by atoms with Crippen molar-refractivity contribution < 1.29 is 4.39 Å². The summed E-state index contributed by atoms with van der Waals surface area (Å²) in [4.78, 5) is 0. The fourth-order valence-electron chi connectivity index (χ4n) is 2.50. The van der Waals surface area contributed by atoms with Crippen LogP contribution in [0.3, 0.4) is 0 Å². The summed E-state index contributed by atoms with van der Waals surface area (Å²) in [6, 6.07) is 18.7. The number of nitrogens with zero attached hydrogens (tertiary/aromatic N) is 2. The van der Waals surface area contributed by atoms with Gasteiger partial charge in [-0.25, -0.2) is 4.39 Å². The molecule has 0 spiro atoms. The van der Waals surface area contributed by atoms with Crippen molar-refractivity contribution in [3.8, 4) is 11.3 Å². The molecule has 2 aromatic carbocycles. The summed E-state index contributed by atoms with van der Waals surface area (Å²) in [5.41, 5.74) is 8.98. The number of halogens is 1. The van der Waals surface area contributed by atoms with Crippen LogP contribution in [0.5, 0.6) is 0 Å². The Morgan fingerprint density at radius 1 is 1.00 bits per heavy atom. The summed E-state index contributed by atoms with van der Waals surface area (Å²) in [7, 11) is 0. The van der Waals surface area contributed by atoms with E-state index in [2.05, 4.69) is 5.10 Å². The van der Waals surface area contributed by atoms with Gasteiger partial charge >= 0.3 is 0 Å². The van der Waals surface area contributed by atoms with Gasteiger partial charge in [0.25, 0.3) is 0 Å². The Morgan fingerprint density at radius 3 is 2.45 bits per heavy atom. The average molecular weight is 295 g/mol. The maximum absolute atomic E-state index is 14.1. The van der Waals surface area contributed by atoms with E-state index in [1.165, 1.54) is 6.07 Å². The van der Waals surface area contributed by atoms with E-state index in [1.807, 2.05) is 47.1 Å². The molecule has 0 bridgehead atoms. The molecule has 0 fully saturated rings. The smallest absolute Gasteiger partial charge is 0.132 e. The molecule has 0 aliphatic heterocycles. The van der Waals surface area contributed by atoms with E-state index in [1.54, 1.807) is 12.1 Å². The lowest BCUT2D eigenvalue weighted by Gasteiger charge is -2.08. The molecule has 3 rings (SSSR count). The van der Waals surface area contributed by atoms with Gasteiger partial charge in [-0.15, -0.1) is 0 Å². The van der Waals surface area contributed by atoms with Crippen LogP contribution in [0.25, 0.3) is 11.3 Å². The molecule has 22 heavy (non-hydrogen) atoms. The highest BCUT2D eigenvalue weighted by Gasteiger charge is 2.13. The average Bonchev–Trinajstić information content (AvgIpc) is 2.91. The molecule has 112 valence electrons. The van der Waals surface area contributed by atoms with Crippen molar-refractivity contribution in [2.45, 2.75) is 13.0 Å². The molecule has 0 atom stereocenters. The standard InChI is InChI=1S/C18H18FN3/c19-17-9-5-4-8-16(17)18-12-15(10-11-20)21-22(18)13-14-6-2-1-3-7-14/h1-9,12H,10-11,13,20H2. The highest BCUT2D eigenvalue weighted by molar-refractivity contribution is 5.61. The molecule has 0 unspecified atom stereocenters. The van der Waals surface area contributed by atoms with Gasteiger partial charge < -0.3 is 5.73 Å². The largest absolute Gasteiger partial charge is 0.330 e. The van der Waals surface area contributed by atoms with Crippen molar-refractivity contribution in [3.63, 3.8) is 0 Å². The van der Waals surface area contributed by atoms with Crippen molar-refractivity contribution >= 4 is 0 Å². The van der Waals surface area contributed by atoms with Gasteiger partial charge in [0.05, 0.1) is 17.9 Å². The topological polar surface area (TPSA) is 43.8 Å². The van der Waals surface area contributed by atoms with Crippen LogP contribution >= 0.6 is 0 Å². The van der Waals surface area contributed by atoms with Crippen molar-refractivity contribution in [3.05, 3.63) is 77.7 Å².